The summed E-state index contributed by atoms with van der Waals surface area (Å²) < 4.78 is 5.74. The Labute approximate surface area is 165 Å². The molecule has 0 unspecified atom stereocenters. The van der Waals surface area contributed by atoms with Crippen LogP contribution < -0.4 is 10.1 Å². The van der Waals surface area contributed by atoms with E-state index in [0.29, 0.717) is 18.0 Å². The number of carbonyl (C=O) groups is 1. The molecule has 3 aromatic rings. The number of aryl methyl sites for hydroxylation is 2. The Hall–Kier alpha value is -3.58. The summed E-state index contributed by atoms with van der Waals surface area (Å²) in [5.74, 6) is 0.208. The minimum atomic E-state index is -0.438. The number of ether oxygens (including phenoxy) is 1. The van der Waals surface area contributed by atoms with E-state index < -0.39 is 5.91 Å². The van der Waals surface area contributed by atoms with Gasteiger partial charge in [0.15, 0.2) is 0 Å². The van der Waals surface area contributed by atoms with Crippen LogP contribution in [-0.4, -0.2) is 12.5 Å². The van der Waals surface area contributed by atoms with Gasteiger partial charge in [0, 0.05) is 11.3 Å². The van der Waals surface area contributed by atoms with Gasteiger partial charge >= 0.3 is 0 Å². The Morgan fingerprint density at radius 2 is 1.93 bits per heavy atom. The lowest BCUT2D eigenvalue weighted by atomic mass is 10.0. The monoisotopic (exact) mass is 370 g/mol. The van der Waals surface area contributed by atoms with Crippen molar-refractivity contribution in [1.29, 1.82) is 5.26 Å². The summed E-state index contributed by atoms with van der Waals surface area (Å²) in [5, 5.41) is 14.4. The van der Waals surface area contributed by atoms with Crippen LogP contribution in [0.5, 0.6) is 5.75 Å². The van der Waals surface area contributed by atoms with E-state index in [0.717, 1.165) is 27.5 Å². The third kappa shape index (κ3) is 4.05. The molecule has 0 aliphatic heterocycles. The molecule has 0 atom stereocenters. The second-order valence-corrected chi connectivity index (χ2v) is 6.57. The molecule has 3 aromatic carbocycles. The quantitative estimate of drug-likeness (QED) is 0.483. The molecule has 0 saturated heterocycles. The van der Waals surface area contributed by atoms with Crippen LogP contribution in [-0.2, 0) is 4.79 Å². The fourth-order valence-corrected chi connectivity index (χ4v) is 3.06. The summed E-state index contributed by atoms with van der Waals surface area (Å²) in [6, 6.07) is 19.5. The molecule has 1 N–H and O–H groups in total. The number of benzene rings is 3. The van der Waals surface area contributed by atoms with Gasteiger partial charge in [-0.25, -0.2) is 0 Å². The van der Waals surface area contributed by atoms with Crippen LogP contribution in [0.1, 0.15) is 23.6 Å². The number of fused-ring (bicyclic) bond motifs is 1. The number of rotatable bonds is 5. The Kier molecular flexibility index (Phi) is 5.76. The van der Waals surface area contributed by atoms with Crippen molar-refractivity contribution in [3.8, 4) is 11.8 Å². The Bertz CT molecular complexity index is 1110. The third-order valence-electron chi connectivity index (χ3n) is 4.53. The SMILES string of the molecule is CCOc1ccc2ccccc2c1/C=C(\C#N)C(=O)Nc1cc(C)ccc1C. The lowest BCUT2D eigenvalue weighted by Crippen LogP contribution is -2.14. The number of anilines is 1. The minimum Gasteiger partial charge on any atom is -0.493 e. The maximum absolute atomic E-state index is 12.8. The highest BCUT2D eigenvalue weighted by Crippen LogP contribution is 2.30. The van der Waals surface area contributed by atoms with E-state index in [-0.39, 0.29) is 5.57 Å². The molecule has 1 amide bonds. The van der Waals surface area contributed by atoms with Gasteiger partial charge in [0.2, 0.25) is 0 Å². The zero-order valence-electron chi connectivity index (χ0n) is 16.2. The summed E-state index contributed by atoms with van der Waals surface area (Å²) in [6.07, 6.45) is 1.60. The summed E-state index contributed by atoms with van der Waals surface area (Å²) in [6.45, 7) is 6.28. The molecule has 0 radical (unpaired) electrons. The first-order chi connectivity index (χ1) is 13.5. The van der Waals surface area contributed by atoms with Gasteiger partial charge < -0.3 is 10.1 Å². The van der Waals surface area contributed by atoms with Crippen LogP contribution in [0.3, 0.4) is 0 Å². The van der Waals surface area contributed by atoms with Crippen LogP contribution >= 0.6 is 0 Å². The molecule has 0 aliphatic carbocycles. The lowest BCUT2D eigenvalue weighted by Gasteiger charge is -2.12. The largest absolute Gasteiger partial charge is 0.493 e. The molecule has 4 heteroatoms. The molecule has 140 valence electrons. The number of nitrogens with zero attached hydrogens (tertiary/aromatic N) is 1. The first-order valence-electron chi connectivity index (χ1n) is 9.18. The molecule has 0 fully saturated rings. The molecule has 4 nitrogen and oxygen atoms in total. The molecule has 0 bridgehead atoms. The molecule has 0 aromatic heterocycles. The standard InChI is InChI=1S/C24H22N2O2/c1-4-28-23-12-11-18-7-5-6-8-20(18)21(23)14-19(15-25)24(27)26-22-13-16(2)9-10-17(22)3/h5-14H,4H2,1-3H3,(H,26,27)/b19-14+. The average Bonchev–Trinajstić information content (AvgIpc) is 2.70. The molecular weight excluding hydrogens is 348 g/mol. The van der Waals surface area contributed by atoms with Crippen LogP contribution in [0.15, 0.2) is 60.2 Å². The zero-order valence-corrected chi connectivity index (χ0v) is 16.2. The molecule has 0 aliphatic rings. The van der Waals surface area contributed by atoms with Crippen molar-refractivity contribution in [2.24, 2.45) is 0 Å². The highest BCUT2D eigenvalue weighted by Gasteiger charge is 2.14. The summed E-state index contributed by atoms with van der Waals surface area (Å²) in [5.41, 5.74) is 3.44. The van der Waals surface area contributed by atoms with Gasteiger partial charge in [-0.3, -0.25) is 4.79 Å². The van der Waals surface area contributed by atoms with Gasteiger partial charge in [-0.2, -0.15) is 5.26 Å². The molecule has 3 rings (SSSR count). The maximum Gasteiger partial charge on any atom is 0.266 e. The van der Waals surface area contributed by atoms with Crippen LogP contribution in [0.4, 0.5) is 5.69 Å². The second-order valence-electron chi connectivity index (χ2n) is 6.57. The third-order valence-corrected chi connectivity index (χ3v) is 4.53. The van der Waals surface area contributed by atoms with Crippen LogP contribution in [0.2, 0.25) is 0 Å². The number of hydrogen-bond donors (Lipinski definition) is 1. The number of amides is 1. The van der Waals surface area contributed by atoms with E-state index >= 15 is 0 Å². The summed E-state index contributed by atoms with van der Waals surface area (Å²) >= 11 is 0. The number of nitrogens with one attached hydrogen (secondary N) is 1. The van der Waals surface area contributed by atoms with Crippen molar-refractivity contribution in [2.45, 2.75) is 20.8 Å². The second kappa shape index (κ2) is 8.41. The van der Waals surface area contributed by atoms with Crippen LogP contribution in [0.25, 0.3) is 16.8 Å². The smallest absolute Gasteiger partial charge is 0.266 e. The predicted molar refractivity (Wildman–Crippen MR) is 113 cm³/mol. The van der Waals surface area contributed by atoms with E-state index in [1.807, 2.05) is 81.4 Å². The molecular formula is C24H22N2O2. The van der Waals surface area contributed by atoms with Gasteiger partial charge in [-0.15, -0.1) is 0 Å². The van der Waals surface area contributed by atoms with E-state index in [2.05, 4.69) is 5.32 Å². The highest BCUT2D eigenvalue weighted by molar-refractivity contribution is 6.11. The predicted octanol–water partition coefficient (Wildman–Crippen LogP) is 5.40. The van der Waals surface area contributed by atoms with Crippen molar-refractivity contribution in [2.75, 3.05) is 11.9 Å². The Morgan fingerprint density at radius 1 is 1.14 bits per heavy atom. The maximum atomic E-state index is 12.8. The fourth-order valence-electron chi connectivity index (χ4n) is 3.06. The van der Waals surface area contributed by atoms with E-state index in [1.54, 1.807) is 6.08 Å². The van der Waals surface area contributed by atoms with Gasteiger partial charge in [-0.1, -0.05) is 42.5 Å². The topological polar surface area (TPSA) is 62.1 Å². The number of nitriles is 1. The van der Waals surface area contributed by atoms with Gasteiger partial charge in [0.05, 0.1) is 6.61 Å². The highest BCUT2D eigenvalue weighted by atomic mass is 16.5. The molecule has 28 heavy (non-hydrogen) atoms. The van der Waals surface area contributed by atoms with E-state index in [9.17, 15) is 10.1 Å². The van der Waals surface area contributed by atoms with E-state index in [4.69, 9.17) is 4.74 Å². The van der Waals surface area contributed by atoms with Gasteiger partial charge in [0.1, 0.15) is 17.4 Å². The van der Waals surface area contributed by atoms with Gasteiger partial charge in [0.25, 0.3) is 5.91 Å². The summed E-state index contributed by atoms with van der Waals surface area (Å²) in [4.78, 5) is 12.8. The van der Waals surface area contributed by atoms with Crippen LogP contribution in [0, 0.1) is 25.2 Å². The molecule has 0 heterocycles. The molecule has 0 spiro atoms. The Morgan fingerprint density at radius 3 is 2.68 bits per heavy atom. The molecule has 0 saturated carbocycles. The fraction of sp³-hybridized carbons (Fsp3) is 0.167. The first-order valence-corrected chi connectivity index (χ1v) is 9.18. The lowest BCUT2D eigenvalue weighted by molar-refractivity contribution is -0.112. The number of carbonyl (C=O) groups excluding carboxylic acids is 1. The first kappa shape index (κ1) is 19.2. The van der Waals surface area contributed by atoms with Crippen molar-refractivity contribution in [3.05, 3.63) is 76.9 Å². The summed E-state index contributed by atoms with van der Waals surface area (Å²) in [7, 11) is 0. The zero-order chi connectivity index (χ0) is 20.1. The van der Waals surface area contributed by atoms with Crippen molar-refractivity contribution in [1.82, 2.24) is 0 Å². The minimum absolute atomic E-state index is 0.0261. The Balaban J connectivity index is 2.05. The number of hydrogen-bond acceptors (Lipinski definition) is 3. The van der Waals surface area contributed by atoms with Crippen molar-refractivity contribution < 1.29 is 9.53 Å². The van der Waals surface area contributed by atoms with Crippen molar-refractivity contribution >= 4 is 28.4 Å². The van der Waals surface area contributed by atoms with Gasteiger partial charge in [-0.05, 0) is 60.9 Å². The normalized spacial score (nSPS) is 11.1. The van der Waals surface area contributed by atoms with E-state index in [1.165, 1.54) is 0 Å². The average molecular weight is 370 g/mol. The van der Waals surface area contributed by atoms with Crippen molar-refractivity contribution in [3.63, 3.8) is 0 Å².